The van der Waals surface area contributed by atoms with Gasteiger partial charge >= 0.3 is 0 Å². The average Bonchev–Trinajstić information content (AvgIpc) is 3.27. The summed E-state index contributed by atoms with van der Waals surface area (Å²) >= 11 is 0. The summed E-state index contributed by atoms with van der Waals surface area (Å²) in [5.41, 5.74) is 19.6. The van der Waals surface area contributed by atoms with Crippen molar-refractivity contribution >= 4 is 41.4 Å². The number of nitrogens with one attached hydrogen (secondary N) is 6. The fourth-order valence-corrected chi connectivity index (χ4v) is 6.99. The molecule has 3 rings (SSSR count). The minimum atomic E-state index is -1.16. The number of primary amides is 1. The number of amides is 7. The summed E-state index contributed by atoms with van der Waals surface area (Å²) in [7, 11) is 0. The SMILES string of the molecule is CC[C@H](C)[C@H](NC(=O)[C@H](CCCCN)NC(=O)[C@H](CCCCN)NC(=O)[C@H](Cc1ccccc1)NC(C)=O)C(=O)N[C@@H](Cc1ccccc1)C(=O)N[C@@H](Cc1ccccc1)C(N)=O. The van der Waals surface area contributed by atoms with E-state index in [0.29, 0.717) is 45.2 Å². The normalized spacial score (nSPS) is 14.3. The van der Waals surface area contributed by atoms with Crippen LogP contribution in [-0.4, -0.2) is 90.7 Å². The summed E-state index contributed by atoms with van der Waals surface area (Å²) in [4.78, 5) is 94.8. The Kier molecular flexibility index (Phi) is 22.6. The quantitative estimate of drug-likeness (QED) is 0.0477. The molecule has 3 aromatic carbocycles. The van der Waals surface area contributed by atoms with E-state index < -0.39 is 83.5 Å². The van der Waals surface area contributed by atoms with Crippen molar-refractivity contribution in [2.45, 2.75) is 121 Å². The third kappa shape index (κ3) is 18.4. The zero-order valence-electron chi connectivity index (χ0n) is 36.8. The fraction of sp³-hybridized carbons (Fsp3) is 0.468. The minimum Gasteiger partial charge on any atom is -0.368 e. The molecule has 0 saturated carbocycles. The first-order valence-corrected chi connectivity index (χ1v) is 21.9. The summed E-state index contributed by atoms with van der Waals surface area (Å²) in [6, 6.07) is 20.7. The monoisotopic (exact) mass is 870 g/mol. The van der Waals surface area contributed by atoms with Crippen molar-refractivity contribution in [3.8, 4) is 0 Å². The number of benzene rings is 3. The molecule has 0 aliphatic carbocycles. The Morgan fingerprint density at radius 2 is 0.825 bits per heavy atom. The Bertz CT molecular complexity index is 1900. The highest BCUT2D eigenvalue weighted by Gasteiger charge is 2.35. The maximum absolute atomic E-state index is 14.3. The van der Waals surface area contributed by atoms with Crippen molar-refractivity contribution in [1.29, 1.82) is 0 Å². The Morgan fingerprint density at radius 3 is 1.21 bits per heavy atom. The van der Waals surface area contributed by atoms with Crippen LogP contribution in [-0.2, 0) is 52.8 Å². The van der Waals surface area contributed by atoms with Gasteiger partial charge in [0.25, 0.3) is 0 Å². The second kappa shape index (κ2) is 27.7. The maximum Gasteiger partial charge on any atom is 0.243 e. The lowest BCUT2D eigenvalue weighted by molar-refractivity contribution is -0.136. The summed E-state index contributed by atoms with van der Waals surface area (Å²) in [5, 5.41) is 16.7. The number of hydrogen-bond acceptors (Lipinski definition) is 9. The molecule has 3 aromatic rings. The summed E-state index contributed by atoms with van der Waals surface area (Å²) in [6.45, 7) is 5.65. The van der Waals surface area contributed by atoms with Crippen LogP contribution in [0.2, 0.25) is 0 Å². The van der Waals surface area contributed by atoms with E-state index in [1.165, 1.54) is 6.92 Å². The molecule has 63 heavy (non-hydrogen) atoms. The Labute approximate surface area is 371 Å². The highest BCUT2D eigenvalue weighted by molar-refractivity contribution is 5.97. The molecule has 0 heterocycles. The number of hydrogen-bond donors (Lipinski definition) is 9. The molecule has 0 spiro atoms. The van der Waals surface area contributed by atoms with Crippen molar-refractivity contribution in [2.24, 2.45) is 23.1 Å². The Hall–Kier alpha value is -6.13. The van der Waals surface area contributed by atoms with Gasteiger partial charge in [-0.1, -0.05) is 111 Å². The van der Waals surface area contributed by atoms with E-state index in [-0.39, 0.29) is 32.1 Å². The number of carbonyl (C=O) groups is 7. The van der Waals surface area contributed by atoms with Crippen LogP contribution in [0, 0.1) is 5.92 Å². The van der Waals surface area contributed by atoms with Gasteiger partial charge < -0.3 is 49.1 Å². The number of unbranched alkanes of at least 4 members (excludes halogenated alkanes) is 2. The second-order valence-corrected chi connectivity index (χ2v) is 15.9. The van der Waals surface area contributed by atoms with E-state index in [1.54, 1.807) is 31.2 Å². The molecule has 0 saturated heterocycles. The van der Waals surface area contributed by atoms with E-state index in [9.17, 15) is 33.6 Å². The standard InChI is InChI=1S/C47H67N9O7/c1-4-31(2)41(47(63)55-40(30-35-22-12-7-13-23-35)46(62)54-38(42(50)58)28-33-18-8-5-9-19-33)56-44(60)37(25-15-17-27-49)52-43(59)36(24-14-16-26-48)53-45(61)39(51-32(3)57)29-34-20-10-6-11-21-34/h5-13,18-23,31,36-41H,4,14-17,24-30,48-49H2,1-3H3,(H2,50,58)(H,51,57)(H,52,59)(H,53,61)(H,54,62)(H,55,63)(H,56,60)/t31-,36-,37-,38-,39-,40-,41-/m0/s1. The predicted octanol–water partition coefficient (Wildman–Crippen LogP) is 1.43. The van der Waals surface area contributed by atoms with Gasteiger partial charge in [0, 0.05) is 26.2 Å². The van der Waals surface area contributed by atoms with Gasteiger partial charge in [0.05, 0.1) is 0 Å². The topological polar surface area (TPSA) is 270 Å². The van der Waals surface area contributed by atoms with Gasteiger partial charge in [-0.3, -0.25) is 33.6 Å². The van der Waals surface area contributed by atoms with Crippen LogP contribution in [0.5, 0.6) is 0 Å². The second-order valence-electron chi connectivity index (χ2n) is 15.9. The maximum atomic E-state index is 14.3. The molecule has 0 radical (unpaired) electrons. The van der Waals surface area contributed by atoms with Crippen molar-refractivity contribution in [1.82, 2.24) is 31.9 Å². The van der Waals surface area contributed by atoms with Crippen molar-refractivity contribution < 1.29 is 33.6 Å². The lowest BCUT2D eigenvalue weighted by Gasteiger charge is -2.29. The molecule has 0 fully saturated rings. The summed E-state index contributed by atoms with van der Waals surface area (Å²) < 4.78 is 0. The van der Waals surface area contributed by atoms with Crippen molar-refractivity contribution in [2.75, 3.05) is 13.1 Å². The molecule has 16 heteroatoms. The summed E-state index contributed by atoms with van der Waals surface area (Å²) in [5.74, 6) is -4.72. The lowest BCUT2D eigenvalue weighted by atomic mass is 9.96. The lowest BCUT2D eigenvalue weighted by Crippen LogP contribution is -2.61. The van der Waals surface area contributed by atoms with E-state index in [2.05, 4.69) is 31.9 Å². The minimum absolute atomic E-state index is 0.0690. The predicted molar refractivity (Wildman–Crippen MR) is 242 cm³/mol. The fourth-order valence-electron chi connectivity index (χ4n) is 6.99. The van der Waals surface area contributed by atoms with Crippen LogP contribution in [0.3, 0.4) is 0 Å². The first kappa shape index (κ1) is 51.2. The van der Waals surface area contributed by atoms with Gasteiger partial charge in [0.1, 0.15) is 36.3 Å². The van der Waals surface area contributed by atoms with Crippen LogP contribution in [0.1, 0.15) is 82.4 Å². The molecule has 0 aliphatic heterocycles. The molecule has 342 valence electrons. The molecule has 0 bridgehead atoms. The van der Waals surface area contributed by atoms with E-state index >= 15 is 0 Å². The molecule has 0 aromatic heterocycles. The molecule has 12 N–H and O–H groups in total. The van der Waals surface area contributed by atoms with Gasteiger partial charge in [0.15, 0.2) is 0 Å². The molecule has 0 unspecified atom stereocenters. The molecule has 7 atom stereocenters. The highest BCUT2D eigenvalue weighted by atomic mass is 16.2. The zero-order chi connectivity index (χ0) is 46.1. The number of nitrogens with two attached hydrogens (primary N) is 3. The summed E-state index contributed by atoms with van der Waals surface area (Å²) in [6.07, 6.45) is 3.30. The van der Waals surface area contributed by atoms with Crippen LogP contribution < -0.4 is 49.1 Å². The number of rotatable bonds is 28. The third-order valence-corrected chi connectivity index (χ3v) is 10.8. The van der Waals surface area contributed by atoms with Gasteiger partial charge in [-0.05, 0) is 74.2 Å². The first-order chi connectivity index (χ1) is 30.3. The molecule has 16 nitrogen and oxygen atoms in total. The van der Waals surface area contributed by atoms with Gasteiger partial charge in [-0.15, -0.1) is 0 Å². The molecule has 0 aliphatic rings. The Balaban J connectivity index is 1.86. The van der Waals surface area contributed by atoms with E-state index in [1.807, 2.05) is 73.7 Å². The largest absolute Gasteiger partial charge is 0.368 e. The highest BCUT2D eigenvalue weighted by Crippen LogP contribution is 2.14. The molecule has 7 amide bonds. The Morgan fingerprint density at radius 1 is 0.476 bits per heavy atom. The van der Waals surface area contributed by atoms with Gasteiger partial charge in [-0.25, -0.2) is 0 Å². The molecular weight excluding hydrogens is 803 g/mol. The van der Waals surface area contributed by atoms with Crippen LogP contribution >= 0.6 is 0 Å². The van der Waals surface area contributed by atoms with E-state index in [0.717, 1.165) is 16.7 Å². The first-order valence-electron chi connectivity index (χ1n) is 21.9. The smallest absolute Gasteiger partial charge is 0.243 e. The average molecular weight is 870 g/mol. The number of carbonyl (C=O) groups excluding carboxylic acids is 7. The van der Waals surface area contributed by atoms with Crippen LogP contribution in [0.15, 0.2) is 91.0 Å². The van der Waals surface area contributed by atoms with Gasteiger partial charge in [0.2, 0.25) is 41.4 Å². The zero-order valence-corrected chi connectivity index (χ0v) is 36.8. The molecular formula is C47H67N9O7. The van der Waals surface area contributed by atoms with Crippen molar-refractivity contribution in [3.05, 3.63) is 108 Å². The van der Waals surface area contributed by atoms with Crippen LogP contribution in [0.4, 0.5) is 0 Å². The van der Waals surface area contributed by atoms with E-state index in [4.69, 9.17) is 17.2 Å². The van der Waals surface area contributed by atoms with Gasteiger partial charge in [-0.2, -0.15) is 0 Å². The van der Waals surface area contributed by atoms with Crippen molar-refractivity contribution in [3.63, 3.8) is 0 Å². The van der Waals surface area contributed by atoms with Crippen LogP contribution in [0.25, 0.3) is 0 Å². The third-order valence-electron chi connectivity index (χ3n) is 10.8.